The first-order valence-electron chi connectivity index (χ1n) is 9.87. The van der Waals surface area contributed by atoms with Crippen LogP contribution in [0.25, 0.3) is 22.6 Å². The molecule has 0 N–H and O–H groups in total. The molecule has 1 aromatic carbocycles. The van der Waals surface area contributed by atoms with Crippen LogP contribution in [0.2, 0.25) is 5.02 Å². The normalized spacial score (nSPS) is 11.5. The molecule has 9 nitrogen and oxygen atoms in total. The number of halogens is 1. The highest BCUT2D eigenvalue weighted by molar-refractivity contribution is 6.31. The van der Waals surface area contributed by atoms with Crippen molar-refractivity contribution in [1.82, 2.24) is 23.1 Å². The van der Waals surface area contributed by atoms with Gasteiger partial charge in [-0.15, -0.1) is 0 Å². The molecule has 4 aromatic rings. The Morgan fingerprint density at radius 3 is 2.68 bits per heavy atom. The van der Waals surface area contributed by atoms with Gasteiger partial charge in [0.25, 0.3) is 5.56 Å². The van der Waals surface area contributed by atoms with Crippen LogP contribution >= 0.6 is 11.6 Å². The van der Waals surface area contributed by atoms with Crippen molar-refractivity contribution in [3.05, 3.63) is 61.5 Å². The van der Waals surface area contributed by atoms with Crippen molar-refractivity contribution in [2.45, 2.75) is 33.7 Å². The average Bonchev–Trinajstić information content (AvgIpc) is 3.23. The number of carbonyl (C=O) groups is 1. The van der Waals surface area contributed by atoms with E-state index in [9.17, 15) is 14.4 Å². The van der Waals surface area contributed by atoms with Crippen LogP contribution in [0.1, 0.15) is 24.6 Å². The van der Waals surface area contributed by atoms with Gasteiger partial charge in [-0.05, 0) is 38.5 Å². The molecule has 0 saturated carbocycles. The number of nitrogens with zero attached hydrogens (tertiary/aromatic N) is 5. The van der Waals surface area contributed by atoms with Crippen LogP contribution in [0.15, 0.2) is 34.0 Å². The van der Waals surface area contributed by atoms with Gasteiger partial charge < -0.3 is 4.74 Å². The molecular weight excluding hydrogens is 422 g/mol. The Bertz CT molecular complexity index is 1460. The van der Waals surface area contributed by atoms with Crippen LogP contribution in [0.5, 0.6) is 0 Å². The Labute approximate surface area is 182 Å². The number of hydrogen-bond donors (Lipinski definition) is 0. The molecule has 0 radical (unpaired) electrons. The summed E-state index contributed by atoms with van der Waals surface area (Å²) in [6.45, 7) is 5.69. The van der Waals surface area contributed by atoms with Gasteiger partial charge in [0.1, 0.15) is 0 Å². The maximum Gasteiger partial charge on any atom is 0.332 e. The Kier molecular flexibility index (Phi) is 5.22. The molecular formula is C21H22ClN5O4. The van der Waals surface area contributed by atoms with Crippen LogP contribution in [-0.4, -0.2) is 35.7 Å². The highest BCUT2D eigenvalue weighted by atomic mass is 35.5. The van der Waals surface area contributed by atoms with Gasteiger partial charge in [-0.25, -0.2) is 4.79 Å². The summed E-state index contributed by atoms with van der Waals surface area (Å²) in [4.78, 5) is 42.4. The lowest BCUT2D eigenvalue weighted by atomic mass is 10.2. The van der Waals surface area contributed by atoms with Gasteiger partial charge in [0.05, 0.1) is 18.7 Å². The Morgan fingerprint density at radius 1 is 1.23 bits per heavy atom. The minimum absolute atomic E-state index is 0.0688. The molecule has 3 heterocycles. The summed E-state index contributed by atoms with van der Waals surface area (Å²) in [5.41, 5.74) is 2.05. The monoisotopic (exact) mass is 443 g/mol. The number of hydrogen-bond acceptors (Lipinski definition) is 5. The fraction of sp³-hybridized carbons (Fsp3) is 0.333. The molecule has 0 aliphatic rings. The first-order chi connectivity index (χ1) is 14.8. The summed E-state index contributed by atoms with van der Waals surface area (Å²) in [6, 6.07) is 5.58. The zero-order chi connectivity index (χ0) is 22.4. The average molecular weight is 444 g/mol. The molecule has 0 spiro atoms. The quantitative estimate of drug-likeness (QED) is 0.441. The molecule has 0 bridgehead atoms. The van der Waals surface area contributed by atoms with E-state index in [1.807, 2.05) is 36.6 Å². The number of esters is 1. The molecule has 0 aliphatic heterocycles. The number of benzene rings is 1. The number of fused-ring (bicyclic) bond motifs is 3. The van der Waals surface area contributed by atoms with Crippen LogP contribution < -0.4 is 11.2 Å². The van der Waals surface area contributed by atoms with Crippen LogP contribution in [0, 0.1) is 13.8 Å². The Morgan fingerprint density at radius 2 is 1.97 bits per heavy atom. The third-order valence-electron chi connectivity index (χ3n) is 5.35. The third-order valence-corrected chi connectivity index (χ3v) is 5.76. The minimum atomic E-state index is -0.537. The van der Waals surface area contributed by atoms with Gasteiger partial charge in [0.2, 0.25) is 5.78 Å². The molecule has 0 aliphatic carbocycles. The Balaban J connectivity index is 1.97. The molecule has 162 valence electrons. The predicted molar refractivity (Wildman–Crippen MR) is 117 cm³/mol. The minimum Gasteiger partial charge on any atom is -0.466 e. The fourth-order valence-electron chi connectivity index (χ4n) is 3.78. The second-order valence-corrected chi connectivity index (χ2v) is 7.70. The maximum atomic E-state index is 13.2. The van der Waals surface area contributed by atoms with Gasteiger partial charge >= 0.3 is 11.7 Å². The van der Waals surface area contributed by atoms with Crippen LogP contribution in [0.4, 0.5) is 0 Å². The van der Waals surface area contributed by atoms with E-state index in [0.29, 0.717) is 10.8 Å². The van der Waals surface area contributed by atoms with E-state index in [1.165, 1.54) is 4.57 Å². The number of aromatic nitrogens is 5. The van der Waals surface area contributed by atoms with E-state index >= 15 is 0 Å². The molecule has 0 saturated heterocycles. The molecule has 10 heteroatoms. The standard InChI is InChI=1S/C21H22ClN5O4/c1-5-31-16(28)9-10-25-19(29)17-18(24(4)21(25)30)23-20-26(17)11-12(2)27(20)15-8-6-7-14(22)13(15)3/h6-8,11H,5,9-10H2,1-4H3. The second kappa shape index (κ2) is 7.73. The van der Waals surface area contributed by atoms with Crippen molar-refractivity contribution in [3.63, 3.8) is 0 Å². The lowest BCUT2D eigenvalue weighted by Gasteiger charge is -2.10. The summed E-state index contributed by atoms with van der Waals surface area (Å²) in [5.74, 6) is 0.0292. The molecule has 3 aromatic heterocycles. The van der Waals surface area contributed by atoms with Crippen LogP contribution in [-0.2, 0) is 23.1 Å². The van der Waals surface area contributed by atoms with Crippen molar-refractivity contribution in [2.75, 3.05) is 6.61 Å². The van der Waals surface area contributed by atoms with Crippen molar-refractivity contribution >= 4 is 34.5 Å². The van der Waals surface area contributed by atoms with Crippen LogP contribution in [0.3, 0.4) is 0 Å². The summed E-state index contributed by atoms with van der Waals surface area (Å²) in [5, 5.41) is 0.619. The maximum absolute atomic E-state index is 13.2. The summed E-state index contributed by atoms with van der Waals surface area (Å²) < 4.78 is 10.8. The lowest BCUT2D eigenvalue weighted by molar-refractivity contribution is -0.143. The lowest BCUT2D eigenvalue weighted by Crippen LogP contribution is -2.39. The van der Waals surface area contributed by atoms with E-state index < -0.39 is 17.2 Å². The molecule has 4 rings (SSSR count). The van der Waals surface area contributed by atoms with Crippen molar-refractivity contribution in [2.24, 2.45) is 7.05 Å². The van der Waals surface area contributed by atoms with E-state index in [4.69, 9.17) is 16.3 Å². The summed E-state index contributed by atoms with van der Waals surface area (Å²) in [7, 11) is 1.55. The number of carbonyl (C=O) groups excluding carboxylic acids is 1. The fourth-order valence-corrected chi connectivity index (χ4v) is 3.95. The molecule has 0 atom stereocenters. The Hall–Kier alpha value is -3.33. The summed E-state index contributed by atoms with van der Waals surface area (Å²) in [6.07, 6.45) is 1.73. The first kappa shape index (κ1) is 20.9. The van der Waals surface area contributed by atoms with Gasteiger partial charge in [-0.2, -0.15) is 4.98 Å². The van der Waals surface area contributed by atoms with E-state index in [2.05, 4.69) is 4.98 Å². The van der Waals surface area contributed by atoms with Crippen molar-refractivity contribution < 1.29 is 9.53 Å². The predicted octanol–water partition coefficient (Wildman–Crippen LogP) is 2.36. The third kappa shape index (κ3) is 3.25. The molecule has 0 amide bonds. The molecule has 31 heavy (non-hydrogen) atoms. The van der Waals surface area contributed by atoms with Gasteiger partial charge in [0, 0.05) is 30.5 Å². The smallest absolute Gasteiger partial charge is 0.332 e. The largest absolute Gasteiger partial charge is 0.466 e. The number of imidazole rings is 2. The summed E-state index contributed by atoms with van der Waals surface area (Å²) >= 11 is 6.31. The van der Waals surface area contributed by atoms with Crippen molar-refractivity contribution in [3.8, 4) is 5.69 Å². The zero-order valence-electron chi connectivity index (χ0n) is 17.7. The van der Waals surface area contributed by atoms with Crippen molar-refractivity contribution in [1.29, 1.82) is 0 Å². The van der Waals surface area contributed by atoms with Gasteiger partial charge in [-0.1, -0.05) is 17.7 Å². The topological polar surface area (TPSA) is 92.5 Å². The van der Waals surface area contributed by atoms with E-state index in [1.54, 1.807) is 24.6 Å². The SMILES string of the molecule is CCOC(=O)CCn1c(=O)c2c(nc3n(-c4cccc(Cl)c4C)c(C)cn23)n(C)c1=O. The number of ether oxygens (including phenoxy) is 1. The van der Waals surface area contributed by atoms with Gasteiger partial charge in [0.15, 0.2) is 11.2 Å². The molecule has 0 fully saturated rings. The molecule has 0 unspecified atom stereocenters. The zero-order valence-corrected chi connectivity index (χ0v) is 18.4. The van der Waals surface area contributed by atoms with Gasteiger partial charge in [-0.3, -0.25) is 27.7 Å². The second-order valence-electron chi connectivity index (χ2n) is 7.30. The first-order valence-corrected chi connectivity index (χ1v) is 10.2. The number of rotatable bonds is 5. The highest BCUT2D eigenvalue weighted by Gasteiger charge is 2.22. The number of aryl methyl sites for hydroxylation is 2. The van der Waals surface area contributed by atoms with E-state index in [0.717, 1.165) is 21.5 Å². The highest BCUT2D eigenvalue weighted by Crippen LogP contribution is 2.26. The van der Waals surface area contributed by atoms with E-state index in [-0.39, 0.29) is 30.7 Å².